The van der Waals surface area contributed by atoms with Crippen LogP contribution in [0.4, 0.5) is 0 Å². The molecule has 73 heavy (non-hydrogen) atoms. The summed E-state index contributed by atoms with van der Waals surface area (Å²) in [4.78, 5) is 41.4. The van der Waals surface area contributed by atoms with Gasteiger partial charge in [0.25, 0.3) is 0 Å². The first-order valence-corrected chi connectivity index (χ1v) is 24.1. The molecule has 0 bridgehead atoms. The Bertz CT molecular complexity index is 3940. The van der Waals surface area contributed by atoms with Gasteiger partial charge in [0.15, 0.2) is 40.8 Å². The molecule has 0 spiro atoms. The Morgan fingerprint density at radius 2 is 0.575 bits per heavy atom. The normalized spacial score (nSPS) is 11.3. The summed E-state index contributed by atoms with van der Waals surface area (Å²) in [6.07, 6.45) is 0. The van der Waals surface area contributed by atoms with E-state index in [2.05, 4.69) is 83.4 Å². The number of hydrogen-bond acceptors (Lipinski definition) is 8. The Labute approximate surface area is 421 Å². The predicted molar refractivity (Wildman–Crippen MR) is 292 cm³/mol. The Morgan fingerprint density at radius 1 is 0.219 bits per heavy atom. The van der Waals surface area contributed by atoms with Crippen LogP contribution in [-0.2, 0) is 0 Å². The van der Waals surface area contributed by atoms with Crippen LogP contribution in [0.25, 0.3) is 130 Å². The van der Waals surface area contributed by atoms with Gasteiger partial charge in [-0.3, -0.25) is 0 Å². The van der Waals surface area contributed by atoms with Crippen LogP contribution in [0.15, 0.2) is 249 Å². The van der Waals surface area contributed by atoms with Crippen LogP contribution in [-0.4, -0.2) is 44.4 Å². The van der Waals surface area contributed by atoms with Crippen molar-refractivity contribution in [1.82, 2.24) is 44.4 Å². The summed E-state index contributed by atoms with van der Waals surface area (Å²) in [6, 6.07) is 84.1. The molecule has 13 rings (SSSR count). The lowest BCUT2D eigenvalue weighted by Crippen LogP contribution is -2.04. The molecule has 4 heterocycles. The second-order valence-electron chi connectivity index (χ2n) is 17.6. The molecule has 0 fully saturated rings. The van der Waals surface area contributed by atoms with Crippen molar-refractivity contribution in [3.8, 4) is 108 Å². The number of hydrogen-bond donors (Lipinski definition) is 0. The van der Waals surface area contributed by atoms with Gasteiger partial charge in [-0.2, -0.15) is 0 Å². The van der Waals surface area contributed by atoms with E-state index in [9.17, 15) is 0 Å². The Kier molecular flexibility index (Phi) is 11.0. The molecule has 0 amide bonds. The second kappa shape index (κ2) is 18.7. The molecule has 4 aromatic heterocycles. The minimum absolute atomic E-state index is 0.504. The maximum absolute atomic E-state index is 5.34. The lowest BCUT2D eigenvalue weighted by Gasteiger charge is -2.17. The van der Waals surface area contributed by atoms with E-state index in [-0.39, 0.29) is 0 Å². The highest BCUT2D eigenvalue weighted by atomic mass is 15.1. The first-order valence-electron chi connectivity index (χ1n) is 24.1. The van der Waals surface area contributed by atoms with Crippen molar-refractivity contribution in [2.24, 2.45) is 0 Å². The molecule has 0 N–H and O–H groups in total. The van der Waals surface area contributed by atoms with E-state index >= 15 is 0 Å². The molecule has 0 aliphatic carbocycles. The maximum atomic E-state index is 5.34. The average Bonchev–Trinajstić information content (AvgIpc) is 3.81. The topological polar surface area (TPSA) is 108 Å². The zero-order valence-corrected chi connectivity index (χ0v) is 39.2. The standard InChI is InChI=1S/C64H41N9/c1-7-21-42(22-8-1)53-41-54(66-58(65-53)43-23-9-2-10-24-43)48-36-38-56(52(39-48)64-71-61(46-29-15-5-16-30-46)68-62(72-64)47-31-17-6-18-32-47)73-55-34-20-19-33-50(55)51-37-35-49(40-57(51)73)63-69-59(44-25-11-3-12-26-44)67-60(70-63)45-27-13-4-14-28-45/h1-41H. The third-order valence-electron chi connectivity index (χ3n) is 12.9. The highest BCUT2D eigenvalue weighted by Crippen LogP contribution is 2.40. The summed E-state index contributed by atoms with van der Waals surface area (Å²) >= 11 is 0. The van der Waals surface area contributed by atoms with E-state index in [0.717, 1.165) is 89.0 Å². The number of benzene rings is 9. The van der Waals surface area contributed by atoms with Crippen molar-refractivity contribution in [2.75, 3.05) is 0 Å². The van der Waals surface area contributed by atoms with Gasteiger partial charge in [-0.1, -0.05) is 218 Å². The lowest BCUT2D eigenvalue weighted by molar-refractivity contribution is 1.06. The lowest BCUT2D eigenvalue weighted by atomic mass is 10.0. The fourth-order valence-electron chi connectivity index (χ4n) is 9.37. The average molecular weight is 936 g/mol. The molecule has 0 unspecified atom stereocenters. The van der Waals surface area contributed by atoms with Crippen molar-refractivity contribution in [1.29, 1.82) is 0 Å². The monoisotopic (exact) mass is 935 g/mol. The molecule has 0 saturated heterocycles. The summed E-state index contributed by atoms with van der Waals surface area (Å²) < 4.78 is 2.31. The van der Waals surface area contributed by atoms with Gasteiger partial charge < -0.3 is 4.57 Å². The van der Waals surface area contributed by atoms with Crippen molar-refractivity contribution in [3.63, 3.8) is 0 Å². The van der Waals surface area contributed by atoms with Gasteiger partial charge in [-0.15, -0.1) is 0 Å². The first-order chi connectivity index (χ1) is 36.2. The van der Waals surface area contributed by atoms with Crippen LogP contribution < -0.4 is 0 Å². The second-order valence-corrected chi connectivity index (χ2v) is 17.6. The molecule has 9 aromatic carbocycles. The number of nitrogens with zero attached hydrogens (tertiary/aromatic N) is 9. The zero-order chi connectivity index (χ0) is 48.5. The van der Waals surface area contributed by atoms with Crippen molar-refractivity contribution in [3.05, 3.63) is 249 Å². The first kappa shape index (κ1) is 42.9. The number of fused-ring (bicyclic) bond motifs is 3. The van der Waals surface area contributed by atoms with Gasteiger partial charge in [-0.25, -0.2) is 39.9 Å². The fraction of sp³-hybridized carbons (Fsp3) is 0. The Hall–Kier alpha value is -10.1. The summed E-state index contributed by atoms with van der Waals surface area (Å²) in [6.45, 7) is 0. The highest BCUT2D eigenvalue weighted by molar-refractivity contribution is 6.10. The minimum Gasteiger partial charge on any atom is -0.308 e. The fourth-order valence-corrected chi connectivity index (χ4v) is 9.37. The molecule has 9 nitrogen and oxygen atoms in total. The number of para-hydroxylation sites is 1. The van der Waals surface area contributed by atoms with Crippen LogP contribution in [0.2, 0.25) is 0 Å². The van der Waals surface area contributed by atoms with E-state index in [1.807, 2.05) is 170 Å². The van der Waals surface area contributed by atoms with Gasteiger partial charge >= 0.3 is 0 Å². The molecule has 0 aliphatic heterocycles. The molecule has 9 heteroatoms. The van der Waals surface area contributed by atoms with E-state index in [0.29, 0.717) is 40.8 Å². The van der Waals surface area contributed by atoms with Crippen molar-refractivity contribution >= 4 is 21.8 Å². The van der Waals surface area contributed by atoms with E-state index in [1.54, 1.807) is 0 Å². The maximum Gasteiger partial charge on any atom is 0.166 e. The molecule has 0 radical (unpaired) electrons. The number of aromatic nitrogens is 9. The van der Waals surface area contributed by atoms with Crippen LogP contribution in [0.1, 0.15) is 0 Å². The summed E-state index contributed by atoms with van der Waals surface area (Å²) in [7, 11) is 0. The van der Waals surface area contributed by atoms with Gasteiger partial charge in [0.1, 0.15) is 0 Å². The smallest absolute Gasteiger partial charge is 0.166 e. The van der Waals surface area contributed by atoms with E-state index in [1.165, 1.54) is 0 Å². The zero-order valence-electron chi connectivity index (χ0n) is 39.2. The van der Waals surface area contributed by atoms with E-state index < -0.39 is 0 Å². The SMILES string of the molecule is c1ccc(-c2cc(-c3ccc(-n4c5ccccc5c5ccc(-c6nc(-c7ccccc7)nc(-c7ccccc7)n6)cc54)c(-c4nc(-c5ccccc5)nc(-c5ccccc5)n4)c3)nc(-c3ccccc3)n2)cc1. The molecule has 0 aliphatic rings. The van der Waals surface area contributed by atoms with E-state index in [4.69, 9.17) is 39.9 Å². The summed E-state index contributed by atoms with van der Waals surface area (Å²) in [5.74, 6) is 4.00. The number of rotatable bonds is 10. The van der Waals surface area contributed by atoms with Gasteiger partial charge in [0.2, 0.25) is 0 Å². The Balaban J connectivity index is 1.08. The van der Waals surface area contributed by atoms with Crippen LogP contribution >= 0.6 is 0 Å². The largest absolute Gasteiger partial charge is 0.308 e. The molecular weight excluding hydrogens is 895 g/mol. The van der Waals surface area contributed by atoms with Gasteiger partial charge in [-0.05, 0) is 30.3 Å². The summed E-state index contributed by atoms with van der Waals surface area (Å²) in [5.41, 5.74) is 12.3. The summed E-state index contributed by atoms with van der Waals surface area (Å²) in [5, 5.41) is 2.16. The van der Waals surface area contributed by atoms with Gasteiger partial charge in [0.05, 0.1) is 28.1 Å². The van der Waals surface area contributed by atoms with Crippen LogP contribution in [0, 0.1) is 0 Å². The molecular formula is C64H41N9. The minimum atomic E-state index is 0.504. The third-order valence-corrected chi connectivity index (χ3v) is 12.9. The molecule has 0 saturated carbocycles. The van der Waals surface area contributed by atoms with Crippen molar-refractivity contribution in [2.45, 2.75) is 0 Å². The molecule has 13 aromatic rings. The third kappa shape index (κ3) is 8.36. The predicted octanol–water partition coefficient (Wildman–Crippen LogP) is 14.9. The van der Waals surface area contributed by atoms with Crippen molar-refractivity contribution < 1.29 is 0 Å². The molecule has 342 valence electrons. The quantitative estimate of drug-likeness (QED) is 0.133. The van der Waals surface area contributed by atoms with Crippen LogP contribution in [0.3, 0.4) is 0 Å². The Morgan fingerprint density at radius 3 is 1.05 bits per heavy atom. The molecule has 0 atom stereocenters. The highest BCUT2D eigenvalue weighted by Gasteiger charge is 2.23. The van der Waals surface area contributed by atoms with Gasteiger partial charge in [0, 0.05) is 60.8 Å². The van der Waals surface area contributed by atoms with Crippen LogP contribution in [0.5, 0.6) is 0 Å².